The Kier molecular flexibility index (Phi) is 1.80. The van der Waals surface area contributed by atoms with Crippen LogP contribution >= 0.6 is 0 Å². The molecular formula is C9H10N2O3. The first kappa shape index (κ1) is 8.80. The third-order valence-corrected chi connectivity index (χ3v) is 2.41. The van der Waals surface area contributed by atoms with Gasteiger partial charge in [0, 0.05) is 13.2 Å². The molecule has 2 heterocycles. The number of hydrogen-bond donors (Lipinski definition) is 1. The van der Waals surface area contributed by atoms with E-state index in [4.69, 9.17) is 5.11 Å². The maximum Gasteiger partial charge on any atom is 0.316 e. The number of carboxylic acids is 1. The number of carbonyl (C=O) groups is 2. The third kappa shape index (κ3) is 1.09. The second-order valence-electron chi connectivity index (χ2n) is 3.33. The number of Topliss-reactive ketones (excluding diaryl/α,β-unsaturated/α-hetero) is 1. The fourth-order valence-electron chi connectivity index (χ4n) is 1.67. The highest BCUT2D eigenvalue weighted by Crippen LogP contribution is 2.17. The predicted molar refractivity (Wildman–Crippen MR) is 48.9 cm³/mol. The molecule has 0 aromatic carbocycles. The summed E-state index contributed by atoms with van der Waals surface area (Å²) in [5, 5.41) is 10.6. The number of nitrogens with zero attached hydrogens (tertiary/aromatic N) is 2. The lowest BCUT2D eigenvalue weighted by atomic mass is 10.0. The Hall–Kier alpha value is -1.78. The van der Waals surface area contributed by atoms with Gasteiger partial charge in [-0.25, -0.2) is 0 Å². The first-order valence-corrected chi connectivity index (χ1v) is 4.27. The van der Waals surface area contributed by atoms with E-state index in [9.17, 15) is 9.59 Å². The van der Waals surface area contributed by atoms with Gasteiger partial charge in [-0.1, -0.05) is 0 Å². The van der Waals surface area contributed by atoms with Crippen molar-refractivity contribution in [3.05, 3.63) is 24.0 Å². The molecule has 14 heavy (non-hydrogen) atoms. The van der Waals surface area contributed by atoms with Crippen LogP contribution in [0.2, 0.25) is 0 Å². The van der Waals surface area contributed by atoms with Crippen LogP contribution in [0.15, 0.2) is 18.3 Å². The van der Waals surface area contributed by atoms with Crippen molar-refractivity contribution in [2.75, 3.05) is 18.6 Å². The average Bonchev–Trinajstić information content (AvgIpc) is 2.59. The van der Waals surface area contributed by atoms with Gasteiger partial charge in [0.2, 0.25) is 0 Å². The van der Waals surface area contributed by atoms with Gasteiger partial charge in [0.1, 0.15) is 11.6 Å². The number of rotatable bonds is 1. The van der Waals surface area contributed by atoms with E-state index in [-0.39, 0.29) is 12.3 Å². The van der Waals surface area contributed by atoms with E-state index < -0.39 is 11.9 Å². The highest BCUT2D eigenvalue weighted by molar-refractivity contribution is 6.08. The van der Waals surface area contributed by atoms with E-state index in [2.05, 4.69) is 0 Å². The van der Waals surface area contributed by atoms with Gasteiger partial charge in [-0.15, -0.1) is 0 Å². The molecule has 1 aromatic rings. The number of aromatic nitrogens is 1. The Morgan fingerprint density at radius 1 is 1.64 bits per heavy atom. The normalized spacial score (nSPS) is 20.8. The molecular weight excluding hydrogens is 184 g/mol. The zero-order valence-corrected chi connectivity index (χ0v) is 7.67. The van der Waals surface area contributed by atoms with Crippen LogP contribution < -0.4 is 5.01 Å². The summed E-state index contributed by atoms with van der Waals surface area (Å²) in [5.74, 6) is -2.32. The van der Waals surface area contributed by atoms with Crippen LogP contribution in [-0.4, -0.2) is 35.1 Å². The summed E-state index contributed by atoms with van der Waals surface area (Å²) in [7, 11) is 1.76. The molecule has 2 rings (SSSR count). The SMILES string of the molecule is CN1CC(C(=O)O)C(=O)c2cccn21. The van der Waals surface area contributed by atoms with E-state index in [1.165, 1.54) is 0 Å². The Labute approximate surface area is 80.5 Å². The number of aliphatic carboxylic acids is 1. The standard InChI is InChI=1S/C9H10N2O3/c1-10-5-6(9(13)14)8(12)7-3-2-4-11(7)10/h2-4,6H,5H2,1H3,(H,13,14). The van der Waals surface area contributed by atoms with Crippen LogP contribution in [0, 0.1) is 5.92 Å². The summed E-state index contributed by atoms with van der Waals surface area (Å²) < 4.78 is 1.67. The van der Waals surface area contributed by atoms with Crippen molar-refractivity contribution in [1.29, 1.82) is 0 Å². The minimum absolute atomic E-state index is 0.218. The minimum Gasteiger partial charge on any atom is -0.481 e. The highest BCUT2D eigenvalue weighted by atomic mass is 16.4. The van der Waals surface area contributed by atoms with Crippen molar-refractivity contribution in [3.8, 4) is 0 Å². The van der Waals surface area contributed by atoms with Crippen molar-refractivity contribution in [2.24, 2.45) is 5.92 Å². The molecule has 0 radical (unpaired) electrons. The van der Waals surface area contributed by atoms with Crippen LogP contribution in [0.4, 0.5) is 0 Å². The summed E-state index contributed by atoms with van der Waals surface area (Å²) in [4.78, 5) is 22.4. The van der Waals surface area contributed by atoms with Crippen molar-refractivity contribution < 1.29 is 14.7 Å². The third-order valence-electron chi connectivity index (χ3n) is 2.41. The molecule has 0 spiro atoms. The van der Waals surface area contributed by atoms with E-state index >= 15 is 0 Å². The zero-order valence-electron chi connectivity index (χ0n) is 7.67. The van der Waals surface area contributed by atoms with Gasteiger partial charge in [0.05, 0.1) is 6.54 Å². The maximum absolute atomic E-state index is 11.6. The molecule has 0 bridgehead atoms. The molecule has 0 aliphatic carbocycles. The van der Waals surface area contributed by atoms with Crippen molar-refractivity contribution in [3.63, 3.8) is 0 Å². The molecule has 1 aliphatic heterocycles. The lowest BCUT2D eigenvalue weighted by Gasteiger charge is -2.30. The lowest BCUT2D eigenvalue weighted by Crippen LogP contribution is -2.47. The molecule has 0 saturated carbocycles. The average molecular weight is 194 g/mol. The Morgan fingerprint density at radius 2 is 2.36 bits per heavy atom. The van der Waals surface area contributed by atoms with E-state index in [1.54, 1.807) is 35.1 Å². The highest BCUT2D eigenvalue weighted by Gasteiger charge is 2.34. The molecule has 5 nitrogen and oxygen atoms in total. The molecule has 1 aliphatic rings. The molecule has 1 atom stereocenters. The van der Waals surface area contributed by atoms with Crippen LogP contribution in [0.1, 0.15) is 10.5 Å². The van der Waals surface area contributed by atoms with E-state index in [1.807, 2.05) is 0 Å². The van der Waals surface area contributed by atoms with Gasteiger partial charge in [-0.05, 0) is 12.1 Å². The number of ketones is 1. The quantitative estimate of drug-likeness (QED) is 0.637. The lowest BCUT2D eigenvalue weighted by molar-refractivity contribution is -0.139. The first-order chi connectivity index (χ1) is 6.61. The van der Waals surface area contributed by atoms with Crippen LogP contribution in [-0.2, 0) is 4.79 Å². The Balaban J connectivity index is 2.44. The minimum atomic E-state index is -1.06. The molecule has 0 amide bonds. The molecule has 0 fully saturated rings. The van der Waals surface area contributed by atoms with Crippen molar-refractivity contribution >= 4 is 11.8 Å². The smallest absolute Gasteiger partial charge is 0.316 e. The molecule has 5 heteroatoms. The van der Waals surface area contributed by atoms with Gasteiger partial charge in [-0.2, -0.15) is 0 Å². The second kappa shape index (κ2) is 2.87. The maximum atomic E-state index is 11.6. The summed E-state index contributed by atoms with van der Waals surface area (Å²) in [6.07, 6.45) is 1.74. The fourth-order valence-corrected chi connectivity index (χ4v) is 1.67. The summed E-state index contributed by atoms with van der Waals surface area (Å²) in [6.45, 7) is 0.218. The van der Waals surface area contributed by atoms with Crippen LogP contribution in [0.25, 0.3) is 0 Å². The van der Waals surface area contributed by atoms with Crippen LogP contribution in [0.5, 0.6) is 0 Å². The fraction of sp³-hybridized carbons (Fsp3) is 0.333. The monoisotopic (exact) mass is 194 g/mol. The van der Waals surface area contributed by atoms with Crippen LogP contribution in [0.3, 0.4) is 0 Å². The predicted octanol–water partition coefficient (Wildman–Crippen LogP) is -0.0470. The van der Waals surface area contributed by atoms with Crippen molar-refractivity contribution in [2.45, 2.75) is 0 Å². The molecule has 0 saturated heterocycles. The number of hydrogen-bond acceptors (Lipinski definition) is 3. The second-order valence-corrected chi connectivity index (χ2v) is 3.33. The molecule has 1 N–H and O–H groups in total. The largest absolute Gasteiger partial charge is 0.481 e. The van der Waals surface area contributed by atoms with Gasteiger partial charge in [0.15, 0.2) is 5.78 Å². The Morgan fingerprint density at radius 3 is 3.00 bits per heavy atom. The van der Waals surface area contributed by atoms with E-state index in [0.717, 1.165) is 0 Å². The van der Waals surface area contributed by atoms with Gasteiger partial charge >= 0.3 is 5.97 Å². The zero-order chi connectivity index (χ0) is 10.3. The topological polar surface area (TPSA) is 62.5 Å². The Bertz CT molecular complexity index is 397. The van der Waals surface area contributed by atoms with Gasteiger partial charge < -0.3 is 10.1 Å². The number of carboxylic acid groups (broad SMARTS) is 1. The number of fused-ring (bicyclic) bond motifs is 1. The van der Waals surface area contributed by atoms with Gasteiger partial charge in [0.25, 0.3) is 0 Å². The molecule has 74 valence electrons. The van der Waals surface area contributed by atoms with E-state index in [0.29, 0.717) is 5.69 Å². The molecule has 1 unspecified atom stereocenters. The molecule has 1 aromatic heterocycles. The van der Waals surface area contributed by atoms with Gasteiger partial charge in [-0.3, -0.25) is 14.3 Å². The van der Waals surface area contributed by atoms with Crippen molar-refractivity contribution in [1.82, 2.24) is 4.68 Å². The summed E-state index contributed by atoms with van der Waals surface area (Å²) in [6, 6.07) is 3.36. The summed E-state index contributed by atoms with van der Waals surface area (Å²) >= 11 is 0. The number of carbonyl (C=O) groups excluding carboxylic acids is 1. The first-order valence-electron chi connectivity index (χ1n) is 4.27. The summed E-state index contributed by atoms with van der Waals surface area (Å²) in [5.41, 5.74) is 0.436.